The maximum Gasteiger partial charge on any atom is 0.0719 e. The number of nitrogens with zero attached hydrogens (tertiary/aromatic N) is 2. The van der Waals surface area contributed by atoms with Gasteiger partial charge in [0, 0.05) is 48.1 Å². The topological polar surface area (TPSA) is 9.86 Å². The third-order valence-corrected chi connectivity index (χ3v) is 11.3. The SMILES string of the molecule is c1ccc(-n2c3cc4c(cc3c3ccc5c6ccccc6sc5c32)c2ccccc2n4-c2cccc3c2ccc2ccccc23)cc1. The molecule has 0 saturated heterocycles. The van der Waals surface area contributed by atoms with Crippen LogP contribution in [0.25, 0.3) is 96.7 Å². The maximum absolute atomic E-state index is 2.50. The van der Waals surface area contributed by atoms with Gasteiger partial charge in [-0.1, -0.05) is 115 Å². The molecule has 3 heteroatoms. The number of para-hydroxylation sites is 2. The van der Waals surface area contributed by atoms with Crippen LogP contribution in [-0.2, 0) is 0 Å². The molecule has 8 aromatic carbocycles. The summed E-state index contributed by atoms with van der Waals surface area (Å²) in [4.78, 5) is 0. The van der Waals surface area contributed by atoms with E-state index in [1.807, 2.05) is 11.3 Å². The van der Waals surface area contributed by atoms with E-state index in [0.717, 1.165) is 0 Å². The molecule has 11 rings (SSSR count). The van der Waals surface area contributed by atoms with Crippen LogP contribution in [-0.4, -0.2) is 9.13 Å². The summed E-state index contributed by atoms with van der Waals surface area (Å²) >= 11 is 1.90. The molecule has 3 heterocycles. The molecule has 0 N–H and O–H groups in total. The van der Waals surface area contributed by atoms with Crippen LogP contribution in [0.3, 0.4) is 0 Å². The van der Waals surface area contributed by atoms with Gasteiger partial charge < -0.3 is 9.13 Å². The Morgan fingerprint density at radius 2 is 1.04 bits per heavy atom. The highest BCUT2D eigenvalue weighted by Gasteiger charge is 2.21. The van der Waals surface area contributed by atoms with Crippen LogP contribution in [0.1, 0.15) is 0 Å². The number of thiophene rings is 1. The number of benzene rings is 8. The van der Waals surface area contributed by atoms with E-state index in [1.165, 1.54) is 96.7 Å². The van der Waals surface area contributed by atoms with Crippen molar-refractivity contribution in [3.8, 4) is 11.4 Å². The maximum atomic E-state index is 2.50. The minimum atomic E-state index is 1.18. The predicted octanol–water partition coefficient (Wildman–Crippen LogP) is 12.6. The summed E-state index contributed by atoms with van der Waals surface area (Å²) in [5, 5.41) is 12.8. The zero-order chi connectivity index (χ0) is 30.6. The molecule has 2 nitrogen and oxygen atoms in total. The summed E-state index contributed by atoms with van der Waals surface area (Å²) in [5.74, 6) is 0. The molecule has 0 radical (unpaired) electrons. The van der Waals surface area contributed by atoms with Gasteiger partial charge in [0.05, 0.1) is 32.5 Å². The summed E-state index contributed by atoms with van der Waals surface area (Å²) in [6, 6.07) is 58.1. The van der Waals surface area contributed by atoms with E-state index in [0.29, 0.717) is 0 Å². The van der Waals surface area contributed by atoms with Crippen LogP contribution in [0.5, 0.6) is 0 Å². The summed E-state index contributed by atoms with van der Waals surface area (Å²) in [6.07, 6.45) is 0. The minimum absolute atomic E-state index is 1.18. The van der Waals surface area contributed by atoms with Gasteiger partial charge in [0.15, 0.2) is 0 Å². The lowest BCUT2D eigenvalue weighted by Gasteiger charge is -2.14. The van der Waals surface area contributed by atoms with Crippen LogP contribution in [0, 0.1) is 0 Å². The molecule has 0 fully saturated rings. The van der Waals surface area contributed by atoms with Gasteiger partial charge in [-0.05, 0) is 58.6 Å². The summed E-state index contributed by atoms with van der Waals surface area (Å²) in [7, 11) is 0. The molecule has 0 spiro atoms. The van der Waals surface area contributed by atoms with Gasteiger partial charge >= 0.3 is 0 Å². The first kappa shape index (κ1) is 25.3. The highest BCUT2D eigenvalue weighted by atomic mass is 32.1. The van der Waals surface area contributed by atoms with Gasteiger partial charge in [0.25, 0.3) is 0 Å². The van der Waals surface area contributed by atoms with E-state index in [2.05, 4.69) is 167 Å². The molecule has 0 amide bonds. The van der Waals surface area contributed by atoms with E-state index in [4.69, 9.17) is 0 Å². The van der Waals surface area contributed by atoms with Crippen molar-refractivity contribution in [1.29, 1.82) is 0 Å². The first-order chi connectivity index (χ1) is 23.3. The van der Waals surface area contributed by atoms with Crippen LogP contribution in [0.4, 0.5) is 0 Å². The fraction of sp³-hybridized carbons (Fsp3) is 0. The molecule has 0 atom stereocenters. The van der Waals surface area contributed by atoms with Crippen molar-refractivity contribution >= 4 is 96.7 Å². The van der Waals surface area contributed by atoms with Crippen molar-refractivity contribution in [2.45, 2.75) is 0 Å². The first-order valence-electron chi connectivity index (χ1n) is 16.1. The lowest BCUT2D eigenvalue weighted by molar-refractivity contribution is 1.18. The second kappa shape index (κ2) is 9.32. The lowest BCUT2D eigenvalue weighted by Crippen LogP contribution is -1.97. The first-order valence-corrected chi connectivity index (χ1v) is 16.9. The Labute approximate surface area is 273 Å². The van der Waals surface area contributed by atoms with Crippen molar-refractivity contribution in [2.75, 3.05) is 0 Å². The van der Waals surface area contributed by atoms with Gasteiger partial charge in [0.2, 0.25) is 0 Å². The molecule has 0 bridgehead atoms. The van der Waals surface area contributed by atoms with Gasteiger partial charge in [0.1, 0.15) is 0 Å². The number of fused-ring (bicyclic) bond motifs is 13. The van der Waals surface area contributed by atoms with Crippen molar-refractivity contribution in [3.63, 3.8) is 0 Å². The lowest BCUT2D eigenvalue weighted by atomic mass is 10.0. The third-order valence-electron chi connectivity index (χ3n) is 10.1. The molecule has 11 aromatic rings. The zero-order valence-corrected chi connectivity index (χ0v) is 26.1. The summed E-state index contributed by atoms with van der Waals surface area (Å²) in [5.41, 5.74) is 7.32. The Bertz CT molecular complexity index is 3070. The molecular weight excluding hydrogens is 589 g/mol. The van der Waals surface area contributed by atoms with Crippen LogP contribution in [0.15, 0.2) is 158 Å². The number of rotatable bonds is 2. The standard InChI is InChI=1S/C44H26N2S/c1-2-12-28(13-3-1)45-40-26-41-36(25-37(40)34-23-24-35-33-16-7-9-20-42(33)47-44(35)43(34)45)31-15-6-8-18-38(31)46(41)39-19-10-17-30-29-14-5-4-11-27(29)21-22-32(30)39/h1-26H. The highest BCUT2D eigenvalue weighted by molar-refractivity contribution is 7.26. The number of hydrogen-bond acceptors (Lipinski definition) is 1. The number of hydrogen-bond donors (Lipinski definition) is 0. The van der Waals surface area contributed by atoms with Gasteiger partial charge in [-0.15, -0.1) is 11.3 Å². The average molecular weight is 615 g/mol. The van der Waals surface area contributed by atoms with Gasteiger partial charge in [-0.3, -0.25) is 0 Å². The Balaban J connectivity index is 1.33. The Kier molecular flexibility index (Phi) is 5.02. The molecule has 0 aliphatic carbocycles. The summed E-state index contributed by atoms with van der Waals surface area (Å²) < 4.78 is 7.65. The molecule has 218 valence electrons. The molecule has 3 aromatic heterocycles. The van der Waals surface area contributed by atoms with E-state index in [-0.39, 0.29) is 0 Å². The Morgan fingerprint density at radius 1 is 0.362 bits per heavy atom. The van der Waals surface area contributed by atoms with E-state index in [9.17, 15) is 0 Å². The van der Waals surface area contributed by atoms with Crippen LogP contribution >= 0.6 is 11.3 Å². The molecule has 0 aliphatic heterocycles. The number of aromatic nitrogens is 2. The third kappa shape index (κ3) is 3.39. The molecule has 47 heavy (non-hydrogen) atoms. The predicted molar refractivity (Wildman–Crippen MR) is 203 cm³/mol. The normalized spacial score (nSPS) is 12.3. The monoisotopic (exact) mass is 614 g/mol. The van der Waals surface area contributed by atoms with E-state index in [1.54, 1.807) is 0 Å². The Morgan fingerprint density at radius 3 is 1.96 bits per heavy atom. The van der Waals surface area contributed by atoms with E-state index < -0.39 is 0 Å². The quantitative estimate of drug-likeness (QED) is 0.171. The second-order valence-corrected chi connectivity index (χ2v) is 13.6. The summed E-state index contributed by atoms with van der Waals surface area (Å²) in [6.45, 7) is 0. The molecule has 0 unspecified atom stereocenters. The van der Waals surface area contributed by atoms with Crippen molar-refractivity contribution in [1.82, 2.24) is 9.13 Å². The largest absolute Gasteiger partial charge is 0.309 e. The highest BCUT2D eigenvalue weighted by Crippen LogP contribution is 2.45. The second-order valence-electron chi connectivity index (χ2n) is 12.5. The fourth-order valence-electron chi connectivity index (χ4n) is 8.06. The minimum Gasteiger partial charge on any atom is -0.309 e. The molecule has 0 saturated carbocycles. The smallest absolute Gasteiger partial charge is 0.0719 e. The molecular formula is C44H26N2S. The zero-order valence-electron chi connectivity index (χ0n) is 25.3. The van der Waals surface area contributed by atoms with Crippen molar-refractivity contribution in [2.24, 2.45) is 0 Å². The fourth-order valence-corrected chi connectivity index (χ4v) is 9.30. The van der Waals surface area contributed by atoms with Crippen LogP contribution < -0.4 is 0 Å². The van der Waals surface area contributed by atoms with E-state index >= 15 is 0 Å². The Hall–Kier alpha value is -5.90. The van der Waals surface area contributed by atoms with Crippen LogP contribution in [0.2, 0.25) is 0 Å². The molecule has 0 aliphatic rings. The van der Waals surface area contributed by atoms with Crippen molar-refractivity contribution in [3.05, 3.63) is 158 Å². The van der Waals surface area contributed by atoms with Gasteiger partial charge in [-0.25, -0.2) is 0 Å². The van der Waals surface area contributed by atoms with Gasteiger partial charge in [-0.2, -0.15) is 0 Å². The average Bonchev–Trinajstić information content (AvgIpc) is 3.78. The van der Waals surface area contributed by atoms with Crippen molar-refractivity contribution < 1.29 is 0 Å².